The summed E-state index contributed by atoms with van der Waals surface area (Å²) in [7, 11) is 0. The maximum absolute atomic E-state index is 12.5. The summed E-state index contributed by atoms with van der Waals surface area (Å²) in [6.45, 7) is 4.84. The summed E-state index contributed by atoms with van der Waals surface area (Å²) in [4.78, 5) is 14.6. The number of carbonyl (C=O) groups excluding carboxylic acids is 1. The summed E-state index contributed by atoms with van der Waals surface area (Å²) in [6, 6.07) is 0. The molecule has 0 aromatic heterocycles. The van der Waals surface area contributed by atoms with E-state index in [0.717, 1.165) is 45.3 Å². The Hall–Kier alpha value is -0.570. The lowest BCUT2D eigenvalue weighted by Gasteiger charge is -2.39. The molecule has 1 amide bonds. The first-order chi connectivity index (χ1) is 8.64. The monoisotopic (exact) mass is 252 g/mol. The van der Waals surface area contributed by atoms with E-state index in [1.807, 2.05) is 0 Å². The molecule has 0 spiro atoms. The molecule has 1 saturated heterocycles. The van der Waals surface area contributed by atoms with Gasteiger partial charge in [0.15, 0.2) is 0 Å². The van der Waals surface area contributed by atoms with Crippen LogP contribution in [-0.2, 0) is 4.79 Å². The molecular weight excluding hydrogens is 224 g/mol. The Morgan fingerprint density at radius 3 is 2.22 bits per heavy atom. The summed E-state index contributed by atoms with van der Waals surface area (Å²) < 4.78 is 0. The zero-order valence-corrected chi connectivity index (χ0v) is 11.8. The fraction of sp³-hybridized carbons (Fsp3) is 0.933. The lowest BCUT2D eigenvalue weighted by molar-refractivity contribution is -0.138. The van der Waals surface area contributed by atoms with Gasteiger partial charge in [0.2, 0.25) is 5.91 Å². The van der Waals surface area contributed by atoms with Crippen molar-refractivity contribution in [3.8, 4) is 0 Å². The second-order valence-corrected chi connectivity index (χ2v) is 6.53. The maximum Gasteiger partial charge on any atom is 0.225 e. The van der Waals surface area contributed by atoms with Gasteiger partial charge in [-0.3, -0.25) is 4.79 Å². The molecule has 104 valence electrons. The predicted molar refractivity (Wildman–Crippen MR) is 74.2 cm³/mol. The second-order valence-electron chi connectivity index (χ2n) is 6.53. The van der Waals surface area contributed by atoms with Gasteiger partial charge in [0.05, 0.1) is 0 Å². The Morgan fingerprint density at radius 2 is 1.72 bits per heavy atom. The molecule has 3 heteroatoms. The predicted octanol–water partition coefficient (Wildman–Crippen LogP) is 2.54. The van der Waals surface area contributed by atoms with Crippen LogP contribution in [0.5, 0.6) is 0 Å². The maximum atomic E-state index is 12.5. The SMILES string of the molecule is CC1(CN)CCN(C(=O)C2CCCCCC2)CC1. The van der Waals surface area contributed by atoms with Crippen LogP contribution in [-0.4, -0.2) is 30.4 Å². The molecular formula is C15H28N2O. The molecule has 1 aliphatic carbocycles. The largest absolute Gasteiger partial charge is 0.342 e. The topological polar surface area (TPSA) is 46.3 Å². The van der Waals surface area contributed by atoms with Gasteiger partial charge in [-0.25, -0.2) is 0 Å². The summed E-state index contributed by atoms with van der Waals surface area (Å²) in [5.74, 6) is 0.741. The molecule has 3 nitrogen and oxygen atoms in total. The van der Waals surface area contributed by atoms with Crippen molar-refractivity contribution < 1.29 is 4.79 Å². The van der Waals surface area contributed by atoms with Crippen LogP contribution in [0.2, 0.25) is 0 Å². The highest BCUT2D eigenvalue weighted by Gasteiger charge is 2.33. The van der Waals surface area contributed by atoms with Crippen LogP contribution in [0.25, 0.3) is 0 Å². The van der Waals surface area contributed by atoms with Gasteiger partial charge in [-0.2, -0.15) is 0 Å². The molecule has 1 saturated carbocycles. The molecule has 18 heavy (non-hydrogen) atoms. The molecule has 1 heterocycles. The van der Waals surface area contributed by atoms with Crippen LogP contribution in [0, 0.1) is 11.3 Å². The number of hydrogen-bond acceptors (Lipinski definition) is 2. The van der Waals surface area contributed by atoms with Crippen LogP contribution in [0.3, 0.4) is 0 Å². The average molecular weight is 252 g/mol. The fourth-order valence-corrected chi connectivity index (χ4v) is 3.26. The molecule has 2 N–H and O–H groups in total. The Kier molecular flexibility index (Phi) is 4.66. The minimum atomic E-state index is 0.264. The van der Waals surface area contributed by atoms with Gasteiger partial charge in [-0.05, 0) is 37.6 Å². The van der Waals surface area contributed by atoms with Crippen molar-refractivity contribution in [2.24, 2.45) is 17.1 Å². The Morgan fingerprint density at radius 1 is 1.17 bits per heavy atom. The van der Waals surface area contributed by atoms with Crippen LogP contribution in [0.15, 0.2) is 0 Å². The highest BCUT2D eigenvalue weighted by Crippen LogP contribution is 2.31. The van der Waals surface area contributed by atoms with E-state index in [2.05, 4.69) is 11.8 Å². The van der Waals surface area contributed by atoms with E-state index in [0.29, 0.717) is 11.8 Å². The number of piperidine rings is 1. The van der Waals surface area contributed by atoms with E-state index in [4.69, 9.17) is 5.73 Å². The van der Waals surface area contributed by atoms with Gasteiger partial charge in [0, 0.05) is 19.0 Å². The van der Waals surface area contributed by atoms with E-state index in [1.165, 1.54) is 25.7 Å². The lowest BCUT2D eigenvalue weighted by atomic mass is 9.80. The zero-order valence-electron chi connectivity index (χ0n) is 11.8. The van der Waals surface area contributed by atoms with Crippen LogP contribution < -0.4 is 5.73 Å². The quantitative estimate of drug-likeness (QED) is 0.768. The third-order valence-electron chi connectivity index (χ3n) is 4.98. The van der Waals surface area contributed by atoms with Crippen molar-refractivity contribution in [3.05, 3.63) is 0 Å². The molecule has 2 fully saturated rings. The highest BCUT2D eigenvalue weighted by molar-refractivity contribution is 5.79. The standard InChI is InChI=1S/C15H28N2O/c1-15(12-16)8-10-17(11-9-15)14(18)13-6-4-2-3-5-7-13/h13H,2-12,16H2,1H3. The highest BCUT2D eigenvalue weighted by atomic mass is 16.2. The number of carbonyl (C=O) groups is 1. The zero-order chi connectivity index (χ0) is 13.0. The van der Waals surface area contributed by atoms with E-state index in [9.17, 15) is 4.79 Å². The first-order valence-electron chi connectivity index (χ1n) is 7.63. The fourth-order valence-electron chi connectivity index (χ4n) is 3.26. The van der Waals surface area contributed by atoms with Crippen molar-refractivity contribution in [1.82, 2.24) is 4.90 Å². The van der Waals surface area contributed by atoms with Gasteiger partial charge in [0.25, 0.3) is 0 Å². The summed E-state index contributed by atoms with van der Waals surface area (Å²) in [5, 5.41) is 0. The molecule has 1 aliphatic heterocycles. The van der Waals surface area contributed by atoms with Crippen LogP contribution in [0.4, 0.5) is 0 Å². The summed E-state index contributed by atoms with van der Waals surface area (Å²) in [5.41, 5.74) is 6.08. The van der Waals surface area contributed by atoms with E-state index in [-0.39, 0.29) is 5.41 Å². The molecule has 2 rings (SSSR count). The summed E-state index contributed by atoms with van der Waals surface area (Å²) in [6.07, 6.45) is 9.48. The van der Waals surface area contributed by atoms with Crippen molar-refractivity contribution in [2.75, 3.05) is 19.6 Å². The van der Waals surface area contributed by atoms with E-state index >= 15 is 0 Å². The average Bonchev–Trinajstić information content (AvgIpc) is 2.68. The molecule has 0 radical (unpaired) electrons. The van der Waals surface area contributed by atoms with Crippen molar-refractivity contribution in [3.63, 3.8) is 0 Å². The third kappa shape index (κ3) is 3.25. The van der Waals surface area contributed by atoms with Gasteiger partial charge in [0.1, 0.15) is 0 Å². The Labute approximate surface area is 111 Å². The van der Waals surface area contributed by atoms with Crippen LogP contribution >= 0.6 is 0 Å². The molecule has 0 aromatic carbocycles. The number of amides is 1. The van der Waals surface area contributed by atoms with Gasteiger partial charge in [-0.15, -0.1) is 0 Å². The molecule has 0 aromatic rings. The van der Waals surface area contributed by atoms with Gasteiger partial charge >= 0.3 is 0 Å². The minimum Gasteiger partial charge on any atom is -0.342 e. The number of nitrogens with zero attached hydrogens (tertiary/aromatic N) is 1. The smallest absolute Gasteiger partial charge is 0.225 e. The number of rotatable bonds is 2. The summed E-state index contributed by atoms with van der Waals surface area (Å²) >= 11 is 0. The lowest BCUT2D eigenvalue weighted by Crippen LogP contribution is -2.46. The van der Waals surface area contributed by atoms with Crippen molar-refractivity contribution in [1.29, 1.82) is 0 Å². The molecule has 2 aliphatic rings. The van der Waals surface area contributed by atoms with E-state index in [1.54, 1.807) is 0 Å². The second kappa shape index (κ2) is 6.05. The molecule has 0 bridgehead atoms. The Bertz CT molecular complexity index is 274. The Balaban J connectivity index is 1.86. The molecule has 0 atom stereocenters. The van der Waals surface area contributed by atoms with Crippen molar-refractivity contribution in [2.45, 2.75) is 58.3 Å². The number of nitrogens with two attached hydrogens (primary N) is 1. The third-order valence-corrected chi connectivity index (χ3v) is 4.98. The minimum absolute atomic E-state index is 0.264. The van der Waals surface area contributed by atoms with Gasteiger partial charge < -0.3 is 10.6 Å². The van der Waals surface area contributed by atoms with Crippen molar-refractivity contribution >= 4 is 5.91 Å². The van der Waals surface area contributed by atoms with Gasteiger partial charge in [-0.1, -0.05) is 32.6 Å². The van der Waals surface area contributed by atoms with Crippen LogP contribution in [0.1, 0.15) is 58.3 Å². The molecule has 0 unspecified atom stereocenters. The number of likely N-dealkylation sites (tertiary alicyclic amines) is 1. The number of hydrogen-bond donors (Lipinski definition) is 1. The first-order valence-corrected chi connectivity index (χ1v) is 7.63. The van der Waals surface area contributed by atoms with E-state index < -0.39 is 0 Å². The first kappa shape index (κ1) is 13.9. The normalized spacial score (nSPS) is 25.8.